The van der Waals surface area contributed by atoms with E-state index in [9.17, 15) is 9.59 Å². The molecule has 2 heterocycles. The van der Waals surface area contributed by atoms with E-state index in [2.05, 4.69) is 49.6 Å². The van der Waals surface area contributed by atoms with Gasteiger partial charge in [0.05, 0.1) is 12.6 Å². The van der Waals surface area contributed by atoms with E-state index >= 15 is 0 Å². The molecular weight excluding hydrogens is 380 g/mol. The van der Waals surface area contributed by atoms with Crippen LogP contribution in [-0.2, 0) is 16.0 Å². The molecule has 5 heteroatoms. The van der Waals surface area contributed by atoms with Crippen LogP contribution >= 0.6 is 11.3 Å². The number of rotatable bonds is 7. The molecule has 29 heavy (non-hydrogen) atoms. The number of hydrogen-bond acceptors (Lipinski definition) is 3. The number of amides is 2. The highest BCUT2D eigenvalue weighted by molar-refractivity contribution is 7.10. The van der Waals surface area contributed by atoms with Crippen molar-refractivity contribution in [3.05, 3.63) is 57.3 Å². The van der Waals surface area contributed by atoms with Gasteiger partial charge in [0.1, 0.15) is 0 Å². The Bertz CT molecular complexity index is 869. The Hall–Kier alpha value is -2.14. The van der Waals surface area contributed by atoms with Crippen molar-refractivity contribution in [2.75, 3.05) is 19.6 Å². The number of carbonyl (C=O) groups is 2. The average molecular weight is 411 g/mol. The predicted octanol–water partition coefficient (Wildman–Crippen LogP) is 4.57. The Morgan fingerprint density at radius 2 is 1.93 bits per heavy atom. The topological polar surface area (TPSA) is 40.6 Å². The van der Waals surface area contributed by atoms with Crippen molar-refractivity contribution in [1.29, 1.82) is 0 Å². The van der Waals surface area contributed by atoms with Crippen molar-refractivity contribution in [3.8, 4) is 0 Å². The van der Waals surface area contributed by atoms with Crippen molar-refractivity contribution < 1.29 is 9.59 Å². The number of carbonyl (C=O) groups excluding carboxylic acids is 2. The first kappa shape index (κ1) is 20.1. The van der Waals surface area contributed by atoms with Gasteiger partial charge in [0.15, 0.2) is 0 Å². The van der Waals surface area contributed by atoms with Crippen LogP contribution in [0.1, 0.15) is 60.2 Å². The van der Waals surface area contributed by atoms with Crippen LogP contribution in [0.5, 0.6) is 0 Å². The van der Waals surface area contributed by atoms with E-state index in [0.29, 0.717) is 13.1 Å². The molecule has 1 unspecified atom stereocenters. The van der Waals surface area contributed by atoms with Crippen molar-refractivity contribution in [3.63, 3.8) is 0 Å². The molecule has 1 atom stereocenters. The number of thiophene rings is 1. The maximum absolute atomic E-state index is 13.4. The molecule has 154 valence electrons. The molecule has 2 aliphatic rings. The molecule has 0 bridgehead atoms. The van der Waals surface area contributed by atoms with Gasteiger partial charge in [0.2, 0.25) is 11.8 Å². The van der Waals surface area contributed by atoms with E-state index in [-0.39, 0.29) is 30.3 Å². The lowest BCUT2D eigenvalue weighted by molar-refractivity contribution is -0.142. The third kappa shape index (κ3) is 4.40. The summed E-state index contributed by atoms with van der Waals surface area (Å²) >= 11 is 1.78. The minimum Gasteiger partial charge on any atom is -0.333 e. The number of nitrogens with zero attached hydrogens (tertiary/aromatic N) is 2. The van der Waals surface area contributed by atoms with Gasteiger partial charge in [-0.05, 0) is 55.2 Å². The number of benzene rings is 1. The van der Waals surface area contributed by atoms with Gasteiger partial charge >= 0.3 is 0 Å². The number of hydrogen-bond donors (Lipinski definition) is 0. The second-order valence-corrected chi connectivity index (χ2v) is 9.34. The fourth-order valence-electron chi connectivity index (χ4n) is 4.15. The van der Waals surface area contributed by atoms with E-state index in [1.54, 1.807) is 11.3 Å². The quantitative estimate of drug-likeness (QED) is 0.671. The second-order valence-electron chi connectivity index (χ2n) is 8.34. The molecule has 2 amide bonds. The van der Waals surface area contributed by atoms with Crippen LogP contribution in [-0.4, -0.2) is 41.2 Å². The van der Waals surface area contributed by atoms with Gasteiger partial charge in [-0.25, -0.2) is 0 Å². The van der Waals surface area contributed by atoms with Crippen LogP contribution in [0.3, 0.4) is 0 Å². The Kier molecular flexibility index (Phi) is 6.04. The summed E-state index contributed by atoms with van der Waals surface area (Å²) < 4.78 is 0. The minimum absolute atomic E-state index is 0.0536. The van der Waals surface area contributed by atoms with E-state index in [0.717, 1.165) is 37.7 Å². The maximum Gasteiger partial charge on any atom is 0.242 e. The van der Waals surface area contributed by atoms with Gasteiger partial charge in [0, 0.05) is 23.9 Å². The van der Waals surface area contributed by atoms with Crippen molar-refractivity contribution >= 4 is 23.2 Å². The summed E-state index contributed by atoms with van der Waals surface area (Å²) in [4.78, 5) is 31.4. The normalized spacial score (nSPS) is 18.4. The minimum atomic E-state index is -0.0536. The summed E-state index contributed by atoms with van der Waals surface area (Å²) in [6.45, 7) is 5.81. The Morgan fingerprint density at radius 3 is 2.62 bits per heavy atom. The van der Waals surface area contributed by atoms with Crippen LogP contribution in [0.2, 0.25) is 0 Å². The highest BCUT2D eigenvalue weighted by Gasteiger charge is 2.37. The second kappa shape index (κ2) is 8.70. The van der Waals surface area contributed by atoms with Crippen LogP contribution in [0.4, 0.5) is 0 Å². The highest BCUT2D eigenvalue weighted by atomic mass is 32.1. The Labute approximate surface area is 177 Å². The lowest BCUT2D eigenvalue weighted by Gasteiger charge is -2.37. The fourth-order valence-corrected chi connectivity index (χ4v) is 5.06. The summed E-state index contributed by atoms with van der Waals surface area (Å²) in [6, 6.07) is 10.6. The Morgan fingerprint density at radius 1 is 1.17 bits per heavy atom. The summed E-state index contributed by atoms with van der Waals surface area (Å²) in [6.07, 6.45) is 4.82. The Balaban J connectivity index is 1.58. The van der Waals surface area contributed by atoms with Gasteiger partial charge < -0.3 is 9.80 Å². The molecule has 1 saturated carbocycles. The SMILES string of the molecule is CCCCN(CC(=O)N1CCc2sccc2C1c1ccc(C)cc1)C(=O)C1CC1. The molecule has 0 N–H and O–H groups in total. The molecular formula is C24H30N2O2S. The van der Waals surface area contributed by atoms with Gasteiger partial charge in [-0.15, -0.1) is 11.3 Å². The van der Waals surface area contributed by atoms with E-state index in [1.807, 2.05) is 9.80 Å². The lowest BCUT2D eigenvalue weighted by atomic mass is 9.92. The molecule has 2 aromatic rings. The average Bonchev–Trinajstić information content (AvgIpc) is 3.47. The van der Waals surface area contributed by atoms with Crippen molar-refractivity contribution in [2.45, 2.75) is 52.0 Å². The van der Waals surface area contributed by atoms with Crippen molar-refractivity contribution in [1.82, 2.24) is 9.80 Å². The first-order valence-electron chi connectivity index (χ1n) is 10.8. The molecule has 1 aliphatic heterocycles. The lowest BCUT2D eigenvalue weighted by Crippen LogP contribution is -2.47. The van der Waals surface area contributed by atoms with Gasteiger partial charge in [-0.1, -0.05) is 43.2 Å². The van der Waals surface area contributed by atoms with Crippen LogP contribution in [0, 0.1) is 12.8 Å². The highest BCUT2D eigenvalue weighted by Crippen LogP contribution is 2.38. The number of aryl methyl sites for hydroxylation is 1. The third-order valence-electron chi connectivity index (χ3n) is 6.03. The van der Waals surface area contributed by atoms with E-state index in [4.69, 9.17) is 0 Å². The molecule has 1 aliphatic carbocycles. The first-order valence-corrected chi connectivity index (χ1v) is 11.7. The molecule has 4 nitrogen and oxygen atoms in total. The number of fused-ring (bicyclic) bond motifs is 1. The maximum atomic E-state index is 13.4. The van der Waals surface area contributed by atoms with Crippen molar-refractivity contribution in [2.24, 2.45) is 5.92 Å². The standard InChI is InChI=1S/C24H30N2O2S/c1-3-4-13-25(24(28)19-9-10-19)16-22(27)26-14-11-21-20(12-15-29-21)23(26)18-7-5-17(2)6-8-18/h5-8,12,15,19,23H,3-4,9-11,13-14,16H2,1-2H3. The smallest absolute Gasteiger partial charge is 0.242 e. The molecule has 1 aromatic carbocycles. The molecule has 0 spiro atoms. The molecule has 4 rings (SSSR count). The van der Waals surface area contributed by atoms with Gasteiger partial charge in [0.25, 0.3) is 0 Å². The summed E-state index contributed by atoms with van der Waals surface area (Å²) in [5.74, 6) is 0.391. The van der Waals surface area contributed by atoms with Gasteiger partial charge in [-0.2, -0.15) is 0 Å². The molecule has 1 aromatic heterocycles. The molecule has 0 radical (unpaired) electrons. The fraction of sp³-hybridized carbons (Fsp3) is 0.500. The zero-order chi connectivity index (χ0) is 20.4. The van der Waals surface area contributed by atoms with Gasteiger partial charge in [-0.3, -0.25) is 9.59 Å². The van der Waals surface area contributed by atoms with E-state index < -0.39 is 0 Å². The molecule has 0 saturated heterocycles. The molecule has 1 fully saturated rings. The monoisotopic (exact) mass is 410 g/mol. The summed E-state index contributed by atoms with van der Waals surface area (Å²) in [5, 5.41) is 2.13. The largest absolute Gasteiger partial charge is 0.333 e. The van der Waals surface area contributed by atoms with E-state index in [1.165, 1.54) is 16.0 Å². The van der Waals surface area contributed by atoms with Crippen LogP contribution in [0.25, 0.3) is 0 Å². The zero-order valence-corrected chi connectivity index (χ0v) is 18.2. The zero-order valence-electron chi connectivity index (χ0n) is 17.4. The van der Waals surface area contributed by atoms with Crippen LogP contribution in [0.15, 0.2) is 35.7 Å². The summed E-state index contributed by atoms with van der Waals surface area (Å²) in [5.41, 5.74) is 3.61. The predicted molar refractivity (Wildman–Crippen MR) is 117 cm³/mol. The number of unbranched alkanes of at least 4 members (excludes halogenated alkanes) is 1. The third-order valence-corrected chi connectivity index (χ3v) is 7.02. The summed E-state index contributed by atoms with van der Waals surface area (Å²) in [7, 11) is 0. The van der Waals surface area contributed by atoms with Crippen LogP contribution < -0.4 is 0 Å². The first-order chi connectivity index (χ1) is 14.1.